The molecular formula is C12H16N6. The quantitative estimate of drug-likeness (QED) is 0.847. The SMILES string of the molecule is CNCc1ccncc1N1CCn2cnnc2C1. The molecular weight excluding hydrogens is 228 g/mol. The van der Waals surface area contributed by atoms with Gasteiger partial charge in [0.15, 0.2) is 5.82 Å². The summed E-state index contributed by atoms with van der Waals surface area (Å²) in [6, 6.07) is 2.06. The van der Waals surface area contributed by atoms with Gasteiger partial charge in [0, 0.05) is 25.8 Å². The lowest BCUT2D eigenvalue weighted by atomic mass is 10.2. The minimum Gasteiger partial charge on any atom is -0.361 e. The van der Waals surface area contributed by atoms with Crippen molar-refractivity contribution < 1.29 is 0 Å². The molecule has 6 nitrogen and oxygen atoms in total. The van der Waals surface area contributed by atoms with E-state index in [2.05, 4.69) is 36.0 Å². The zero-order valence-corrected chi connectivity index (χ0v) is 10.4. The molecule has 0 saturated heterocycles. The van der Waals surface area contributed by atoms with Crippen LogP contribution in [0, 0.1) is 0 Å². The standard InChI is InChI=1S/C12H16N6/c1-13-6-10-2-3-14-7-11(10)17-4-5-18-9-15-16-12(18)8-17/h2-3,7,9,13H,4-6,8H2,1H3. The number of hydrogen-bond acceptors (Lipinski definition) is 5. The van der Waals surface area contributed by atoms with E-state index in [1.165, 1.54) is 11.3 Å². The van der Waals surface area contributed by atoms with Crippen LogP contribution in [0.4, 0.5) is 5.69 Å². The Labute approximate surface area is 106 Å². The highest BCUT2D eigenvalue weighted by molar-refractivity contribution is 5.52. The molecule has 1 aliphatic rings. The zero-order chi connectivity index (χ0) is 12.4. The van der Waals surface area contributed by atoms with Crippen LogP contribution >= 0.6 is 0 Å². The fourth-order valence-electron chi connectivity index (χ4n) is 2.31. The first-order valence-corrected chi connectivity index (χ1v) is 6.07. The highest BCUT2D eigenvalue weighted by Crippen LogP contribution is 2.23. The highest BCUT2D eigenvalue weighted by Gasteiger charge is 2.19. The van der Waals surface area contributed by atoms with Gasteiger partial charge in [0.2, 0.25) is 0 Å². The number of nitrogens with one attached hydrogen (secondary N) is 1. The van der Waals surface area contributed by atoms with E-state index in [1.807, 2.05) is 19.4 Å². The number of hydrogen-bond donors (Lipinski definition) is 1. The molecule has 6 heteroatoms. The third-order valence-electron chi connectivity index (χ3n) is 3.23. The number of rotatable bonds is 3. The molecule has 1 aliphatic heterocycles. The number of anilines is 1. The Bertz CT molecular complexity index is 535. The van der Waals surface area contributed by atoms with E-state index in [1.54, 1.807) is 6.33 Å². The van der Waals surface area contributed by atoms with Gasteiger partial charge in [-0.3, -0.25) is 4.98 Å². The van der Waals surface area contributed by atoms with Crippen molar-refractivity contribution in [2.45, 2.75) is 19.6 Å². The smallest absolute Gasteiger partial charge is 0.152 e. The summed E-state index contributed by atoms with van der Waals surface area (Å²) in [6.07, 6.45) is 5.56. The van der Waals surface area contributed by atoms with Crippen molar-refractivity contribution in [2.75, 3.05) is 18.5 Å². The monoisotopic (exact) mass is 244 g/mol. The molecule has 0 fully saturated rings. The van der Waals surface area contributed by atoms with E-state index in [0.717, 1.165) is 32.0 Å². The van der Waals surface area contributed by atoms with Crippen molar-refractivity contribution >= 4 is 5.69 Å². The molecule has 0 aliphatic carbocycles. The van der Waals surface area contributed by atoms with Gasteiger partial charge in [0.1, 0.15) is 6.33 Å². The average Bonchev–Trinajstić information content (AvgIpc) is 2.87. The maximum Gasteiger partial charge on any atom is 0.152 e. The number of nitrogens with zero attached hydrogens (tertiary/aromatic N) is 5. The highest BCUT2D eigenvalue weighted by atomic mass is 15.3. The molecule has 0 saturated carbocycles. The van der Waals surface area contributed by atoms with Gasteiger partial charge in [-0.05, 0) is 18.7 Å². The summed E-state index contributed by atoms with van der Waals surface area (Å²) in [5.41, 5.74) is 2.45. The molecule has 3 heterocycles. The fraction of sp³-hybridized carbons (Fsp3) is 0.417. The van der Waals surface area contributed by atoms with E-state index >= 15 is 0 Å². The largest absolute Gasteiger partial charge is 0.361 e. The van der Waals surface area contributed by atoms with E-state index in [4.69, 9.17) is 0 Å². The molecule has 2 aromatic rings. The summed E-state index contributed by atoms with van der Waals surface area (Å²) in [4.78, 5) is 6.54. The maximum atomic E-state index is 4.23. The summed E-state index contributed by atoms with van der Waals surface area (Å²) in [5, 5.41) is 11.3. The summed E-state index contributed by atoms with van der Waals surface area (Å²) in [7, 11) is 1.96. The van der Waals surface area contributed by atoms with E-state index in [0.29, 0.717) is 0 Å². The van der Waals surface area contributed by atoms with Crippen molar-refractivity contribution in [3.63, 3.8) is 0 Å². The first kappa shape index (κ1) is 11.2. The van der Waals surface area contributed by atoms with Crippen LogP contribution in [0.1, 0.15) is 11.4 Å². The molecule has 0 spiro atoms. The van der Waals surface area contributed by atoms with Gasteiger partial charge in [-0.25, -0.2) is 0 Å². The van der Waals surface area contributed by atoms with Gasteiger partial charge in [0.05, 0.1) is 18.4 Å². The van der Waals surface area contributed by atoms with Gasteiger partial charge in [-0.15, -0.1) is 10.2 Å². The second-order valence-corrected chi connectivity index (χ2v) is 4.40. The molecule has 0 radical (unpaired) electrons. The molecule has 1 N–H and O–H groups in total. The Morgan fingerprint density at radius 1 is 1.39 bits per heavy atom. The van der Waals surface area contributed by atoms with E-state index in [9.17, 15) is 0 Å². The molecule has 0 atom stereocenters. The minimum atomic E-state index is 0.794. The molecule has 3 rings (SSSR count). The van der Waals surface area contributed by atoms with Gasteiger partial charge < -0.3 is 14.8 Å². The number of aromatic nitrogens is 4. The van der Waals surface area contributed by atoms with Gasteiger partial charge in [-0.2, -0.15) is 0 Å². The van der Waals surface area contributed by atoms with Crippen molar-refractivity contribution in [1.82, 2.24) is 25.1 Å². The van der Waals surface area contributed by atoms with Crippen LogP contribution in [0.2, 0.25) is 0 Å². The molecule has 94 valence electrons. The lowest BCUT2D eigenvalue weighted by Gasteiger charge is -2.30. The van der Waals surface area contributed by atoms with Crippen LogP contribution in [0.3, 0.4) is 0 Å². The third-order valence-corrected chi connectivity index (χ3v) is 3.23. The lowest BCUT2D eigenvalue weighted by Crippen LogP contribution is -2.34. The fourth-order valence-corrected chi connectivity index (χ4v) is 2.31. The van der Waals surface area contributed by atoms with Crippen LogP contribution in [0.15, 0.2) is 24.8 Å². The van der Waals surface area contributed by atoms with E-state index < -0.39 is 0 Å². The lowest BCUT2D eigenvalue weighted by molar-refractivity contribution is 0.557. The Kier molecular flexibility index (Phi) is 2.93. The second kappa shape index (κ2) is 4.73. The van der Waals surface area contributed by atoms with Crippen LogP contribution in [0.5, 0.6) is 0 Å². The van der Waals surface area contributed by atoms with Crippen LogP contribution in [-0.2, 0) is 19.6 Å². The predicted octanol–water partition coefficient (Wildman–Crippen LogP) is 0.413. The summed E-state index contributed by atoms with van der Waals surface area (Å²) in [5.74, 6) is 1.01. The van der Waals surface area contributed by atoms with Crippen molar-refractivity contribution in [3.05, 3.63) is 36.2 Å². The first-order chi connectivity index (χ1) is 8.88. The Morgan fingerprint density at radius 2 is 2.33 bits per heavy atom. The minimum absolute atomic E-state index is 0.794. The molecule has 0 aromatic carbocycles. The van der Waals surface area contributed by atoms with E-state index in [-0.39, 0.29) is 0 Å². The van der Waals surface area contributed by atoms with Crippen molar-refractivity contribution in [3.8, 4) is 0 Å². The van der Waals surface area contributed by atoms with Crippen LogP contribution in [-0.4, -0.2) is 33.3 Å². The topological polar surface area (TPSA) is 58.9 Å². The first-order valence-electron chi connectivity index (χ1n) is 6.07. The van der Waals surface area contributed by atoms with Crippen LogP contribution < -0.4 is 10.2 Å². The zero-order valence-electron chi connectivity index (χ0n) is 10.4. The molecule has 0 amide bonds. The molecule has 0 bridgehead atoms. The number of fused-ring (bicyclic) bond motifs is 1. The third kappa shape index (κ3) is 1.95. The molecule has 18 heavy (non-hydrogen) atoms. The Morgan fingerprint density at radius 3 is 3.22 bits per heavy atom. The van der Waals surface area contributed by atoms with Gasteiger partial charge in [0.25, 0.3) is 0 Å². The summed E-state index contributed by atoms with van der Waals surface area (Å²) in [6.45, 7) is 3.53. The van der Waals surface area contributed by atoms with Crippen molar-refractivity contribution in [1.29, 1.82) is 0 Å². The number of pyridine rings is 1. The summed E-state index contributed by atoms with van der Waals surface area (Å²) < 4.78 is 2.10. The van der Waals surface area contributed by atoms with Crippen LogP contribution in [0.25, 0.3) is 0 Å². The molecule has 2 aromatic heterocycles. The van der Waals surface area contributed by atoms with Crippen molar-refractivity contribution in [2.24, 2.45) is 0 Å². The predicted molar refractivity (Wildman–Crippen MR) is 68.1 cm³/mol. The van der Waals surface area contributed by atoms with Gasteiger partial charge in [-0.1, -0.05) is 0 Å². The maximum absolute atomic E-state index is 4.23. The Hall–Kier alpha value is -1.95. The normalized spacial score (nSPS) is 14.6. The second-order valence-electron chi connectivity index (χ2n) is 4.40. The van der Waals surface area contributed by atoms with Gasteiger partial charge >= 0.3 is 0 Å². The molecule has 0 unspecified atom stereocenters. The average molecular weight is 244 g/mol. The Balaban J connectivity index is 1.88. The summed E-state index contributed by atoms with van der Waals surface area (Å²) >= 11 is 0.